The third kappa shape index (κ3) is 3.44. The third-order valence-electron chi connectivity index (χ3n) is 6.41. The fourth-order valence-electron chi connectivity index (χ4n) is 4.79. The maximum Gasteiger partial charge on any atom is 0.270 e. The van der Waals surface area contributed by atoms with Crippen molar-refractivity contribution in [3.8, 4) is 0 Å². The Balaban J connectivity index is 1.25. The van der Waals surface area contributed by atoms with Gasteiger partial charge in [-0.2, -0.15) is 4.72 Å². The van der Waals surface area contributed by atoms with Gasteiger partial charge in [0.25, 0.3) is 5.91 Å². The predicted octanol–water partition coefficient (Wildman–Crippen LogP) is 2.48. The van der Waals surface area contributed by atoms with Crippen molar-refractivity contribution < 1.29 is 13.2 Å². The van der Waals surface area contributed by atoms with Gasteiger partial charge in [-0.25, -0.2) is 8.42 Å². The highest BCUT2D eigenvalue weighted by molar-refractivity contribution is 7.89. The Morgan fingerprint density at radius 1 is 1.07 bits per heavy atom. The van der Waals surface area contributed by atoms with Gasteiger partial charge in [0.05, 0.1) is 11.9 Å². The number of likely N-dealkylation sites (tertiary alicyclic amines) is 1. The monoisotopic (exact) mass is 414 g/mol. The van der Waals surface area contributed by atoms with Gasteiger partial charge >= 0.3 is 0 Å². The first-order chi connectivity index (χ1) is 14.0. The Morgan fingerprint density at radius 2 is 1.83 bits per heavy atom. The van der Waals surface area contributed by atoms with Crippen LogP contribution in [0.5, 0.6) is 0 Å². The fraction of sp³-hybridized carbons (Fsp3) is 0.476. The van der Waals surface area contributed by atoms with E-state index in [0.29, 0.717) is 29.4 Å². The van der Waals surface area contributed by atoms with Gasteiger partial charge < -0.3 is 15.2 Å². The van der Waals surface area contributed by atoms with Crippen LogP contribution in [0.1, 0.15) is 47.4 Å². The number of carbonyl (C=O) groups excluding carboxylic acids is 1. The minimum Gasteiger partial charge on any atom is -0.368 e. The number of aromatic amines is 1. The molecule has 0 unspecified atom stereocenters. The smallest absolute Gasteiger partial charge is 0.270 e. The second-order valence-electron chi connectivity index (χ2n) is 8.26. The summed E-state index contributed by atoms with van der Waals surface area (Å²) < 4.78 is 27.9. The predicted molar refractivity (Wildman–Crippen MR) is 110 cm³/mol. The molecule has 0 saturated carbocycles. The summed E-state index contributed by atoms with van der Waals surface area (Å²) >= 11 is 0. The van der Waals surface area contributed by atoms with Crippen molar-refractivity contribution in [3.05, 3.63) is 47.3 Å². The molecule has 2 aromatic rings. The number of carbonyl (C=O) groups is 1. The van der Waals surface area contributed by atoms with Crippen LogP contribution in [-0.2, 0) is 22.9 Å². The molecule has 154 valence electrons. The molecular formula is C21H26N4O3S. The normalized spacial score (nSPS) is 23.7. The minimum atomic E-state index is -3.51. The molecule has 1 aromatic heterocycles. The van der Waals surface area contributed by atoms with E-state index in [4.69, 9.17) is 0 Å². The number of sulfonamides is 1. The lowest BCUT2D eigenvalue weighted by Crippen LogP contribution is -2.52. The van der Waals surface area contributed by atoms with Gasteiger partial charge in [-0.1, -0.05) is 12.1 Å². The van der Waals surface area contributed by atoms with Crippen LogP contribution in [0.3, 0.4) is 0 Å². The molecule has 3 N–H and O–H groups in total. The number of aryl methyl sites for hydroxylation is 2. The van der Waals surface area contributed by atoms with Crippen molar-refractivity contribution in [2.75, 3.05) is 18.4 Å². The number of piperidine rings is 1. The summed E-state index contributed by atoms with van der Waals surface area (Å²) in [7, 11) is -3.51. The molecule has 7 nitrogen and oxygen atoms in total. The Morgan fingerprint density at radius 3 is 2.62 bits per heavy atom. The van der Waals surface area contributed by atoms with E-state index in [0.717, 1.165) is 25.7 Å². The molecule has 1 saturated heterocycles. The Bertz CT molecular complexity index is 1010. The Hall–Kier alpha value is -2.32. The molecule has 1 atom stereocenters. The van der Waals surface area contributed by atoms with Crippen molar-refractivity contribution in [2.45, 2.75) is 49.6 Å². The first-order valence-corrected chi connectivity index (χ1v) is 11.9. The number of fused-ring (bicyclic) bond motifs is 2. The standard InChI is InChI=1S/C21H26N4O3S/c26-21(18-13-15-5-1-2-6-16(15)22-18)25-11-9-14(10-12-25)20-23-17-7-3-4-8-19(17)29(27,28)24-20/h3-4,7-8,13-14,20,22-24H,1-2,5-6,9-12H2/t20-/m1/s1. The molecule has 3 heterocycles. The fourth-order valence-corrected chi connectivity index (χ4v) is 6.17. The molecule has 3 aliphatic rings. The van der Waals surface area contributed by atoms with Crippen molar-refractivity contribution in [1.82, 2.24) is 14.6 Å². The zero-order chi connectivity index (χ0) is 20.0. The van der Waals surface area contributed by atoms with Gasteiger partial charge in [0.1, 0.15) is 10.6 Å². The summed E-state index contributed by atoms with van der Waals surface area (Å²) in [6.45, 7) is 1.27. The maximum atomic E-state index is 12.9. The molecule has 1 aromatic carbocycles. The summed E-state index contributed by atoms with van der Waals surface area (Å²) in [5.74, 6) is 0.194. The van der Waals surface area contributed by atoms with E-state index >= 15 is 0 Å². The van der Waals surface area contributed by atoms with Gasteiger partial charge in [-0.3, -0.25) is 4.79 Å². The second kappa shape index (κ2) is 7.18. The lowest BCUT2D eigenvalue weighted by Gasteiger charge is -2.38. The molecule has 1 aliphatic carbocycles. The number of para-hydroxylation sites is 1. The molecule has 2 aliphatic heterocycles. The highest BCUT2D eigenvalue weighted by Crippen LogP contribution is 2.31. The lowest BCUT2D eigenvalue weighted by atomic mass is 9.93. The zero-order valence-electron chi connectivity index (χ0n) is 16.3. The van der Waals surface area contributed by atoms with Gasteiger partial charge in [-0.05, 0) is 68.2 Å². The van der Waals surface area contributed by atoms with Crippen LogP contribution in [0.2, 0.25) is 0 Å². The number of anilines is 1. The van der Waals surface area contributed by atoms with Crippen LogP contribution >= 0.6 is 0 Å². The Kier molecular flexibility index (Phi) is 4.63. The molecule has 5 rings (SSSR count). The summed E-state index contributed by atoms with van der Waals surface area (Å²) in [5.41, 5.74) is 3.84. The van der Waals surface area contributed by atoms with Crippen molar-refractivity contribution in [2.24, 2.45) is 5.92 Å². The van der Waals surface area contributed by atoms with Crippen LogP contribution in [-0.4, -0.2) is 43.5 Å². The maximum absolute atomic E-state index is 12.9. The van der Waals surface area contributed by atoms with Crippen LogP contribution < -0.4 is 10.0 Å². The van der Waals surface area contributed by atoms with Gasteiger partial charge in [0.2, 0.25) is 10.0 Å². The molecule has 0 spiro atoms. The largest absolute Gasteiger partial charge is 0.368 e. The second-order valence-corrected chi connectivity index (χ2v) is 9.95. The molecule has 1 fully saturated rings. The first-order valence-electron chi connectivity index (χ1n) is 10.4. The highest BCUT2D eigenvalue weighted by Gasteiger charge is 2.36. The van der Waals surface area contributed by atoms with Gasteiger partial charge in [-0.15, -0.1) is 0 Å². The number of nitrogens with one attached hydrogen (secondary N) is 3. The number of amides is 1. The quantitative estimate of drug-likeness (QED) is 0.704. The molecular weight excluding hydrogens is 388 g/mol. The number of nitrogens with zero attached hydrogens (tertiary/aromatic N) is 1. The number of H-pyrrole nitrogens is 1. The number of benzene rings is 1. The van der Waals surface area contributed by atoms with Crippen LogP contribution in [0.15, 0.2) is 35.2 Å². The number of hydrogen-bond acceptors (Lipinski definition) is 4. The van der Waals surface area contributed by atoms with Crippen molar-refractivity contribution >= 4 is 21.6 Å². The molecule has 0 bridgehead atoms. The number of rotatable bonds is 2. The van der Waals surface area contributed by atoms with Crippen molar-refractivity contribution in [1.29, 1.82) is 0 Å². The average molecular weight is 415 g/mol. The molecule has 8 heteroatoms. The van der Waals surface area contributed by atoms with E-state index in [1.807, 2.05) is 17.0 Å². The average Bonchev–Trinajstić information content (AvgIpc) is 3.17. The SMILES string of the molecule is O=C(c1cc2c([nH]1)CCCC2)N1CCC([C@@H]2Nc3ccccc3S(=O)(=O)N2)CC1. The van der Waals surface area contributed by atoms with Crippen LogP contribution in [0.4, 0.5) is 5.69 Å². The lowest BCUT2D eigenvalue weighted by molar-refractivity contribution is 0.0674. The topological polar surface area (TPSA) is 94.3 Å². The molecule has 29 heavy (non-hydrogen) atoms. The first kappa shape index (κ1) is 18.7. The minimum absolute atomic E-state index is 0.0559. The van der Waals surface area contributed by atoms with Gasteiger partial charge in [0, 0.05) is 18.8 Å². The summed E-state index contributed by atoms with van der Waals surface area (Å²) in [6.07, 6.45) is 5.63. The van der Waals surface area contributed by atoms with Gasteiger partial charge in [0.15, 0.2) is 0 Å². The summed E-state index contributed by atoms with van der Waals surface area (Å²) in [4.78, 5) is 18.4. The van der Waals surface area contributed by atoms with E-state index in [1.165, 1.54) is 24.1 Å². The van der Waals surface area contributed by atoms with E-state index < -0.39 is 10.0 Å². The highest BCUT2D eigenvalue weighted by atomic mass is 32.2. The van der Waals surface area contributed by atoms with Crippen molar-refractivity contribution in [3.63, 3.8) is 0 Å². The van der Waals surface area contributed by atoms with E-state index in [2.05, 4.69) is 15.0 Å². The van der Waals surface area contributed by atoms with E-state index in [9.17, 15) is 13.2 Å². The molecule has 1 amide bonds. The summed E-state index contributed by atoms with van der Waals surface area (Å²) in [6, 6.07) is 8.99. The number of aromatic nitrogens is 1. The van der Waals surface area contributed by atoms with E-state index in [1.54, 1.807) is 18.2 Å². The Labute approximate surface area is 170 Å². The zero-order valence-corrected chi connectivity index (χ0v) is 17.1. The summed E-state index contributed by atoms with van der Waals surface area (Å²) in [5, 5.41) is 3.33. The molecule has 0 radical (unpaired) electrons. The number of hydrogen-bond donors (Lipinski definition) is 3. The van der Waals surface area contributed by atoms with Crippen LogP contribution in [0.25, 0.3) is 0 Å². The van der Waals surface area contributed by atoms with E-state index in [-0.39, 0.29) is 18.0 Å². The van der Waals surface area contributed by atoms with Crippen LogP contribution in [0, 0.1) is 5.92 Å². The third-order valence-corrected chi connectivity index (χ3v) is 7.91.